The number of unbranched alkanes of at least 4 members (excludes halogenated alkanes) is 8. The fourth-order valence-electron chi connectivity index (χ4n) is 3.75. The zero-order valence-corrected chi connectivity index (χ0v) is 22.0. The number of halogens is 1. The van der Waals surface area contributed by atoms with Crippen LogP contribution in [0.25, 0.3) is 0 Å². The van der Waals surface area contributed by atoms with Crippen LogP contribution in [0.1, 0.15) is 81.5 Å². The monoisotopic (exact) mass is 516 g/mol. The molecule has 0 heterocycles. The SMILES string of the molecule is CCCCCCCCCCCC(=O)Nc1ccccc1C(=O)OCC(=O)Nc1cc(Cl)ccc1OC. The molecule has 0 unspecified atom stereocenters. The van der Waals surface area contributed by atoms with Crippen molar-refractivity contribution >= 4 is 40.8 Å². The van der Waals surface area contributed by atoms with E-state index < -0.39 is 18.5 Å². The van der Waals surface area contributed by atoms with Gasteiger partial charge in [-0.25, -0.2) is 4.79 Å². The quantitative estimate of drug-likeness (QED) is 0.185. The van der Waals surface area contributed by atoms with Crippen LogP contribution in [0.5, 0.6) is 5.75 Å². The maximum Gasteiger partial charge on any atom is 0.340 e. The molecule has 2 N–H and O–H groups in total. The van der Waals surface area contributed by atoms with Gasteiger partial charge in [-0.3, -0.25) is 9.59 Å². The first kappa shape index (κ1) is 29.2. The van der Waals surface area contributed by atoms with Crippen LogP contribution in [-0.2, 0) is 14.3 Å². The lowest BCUT2D eigenvalue weighted by Gasteiger charge is -2.12. The van der Waals surface area contributed by atoms with Crippen molar-refractivity contribution in [3.63, 3.8) is 0 Å². The van der Waals surface area contributed by atoms with Crippen molar-refractivity contribution in [2.75, 3.05) is 24.4 Å². The average molecular weight is 517 g/mol. The largest absolute Gasteiger partial charge is 0.495 e. The molecule has 0 radical (unpaired) electrons. The minimum atomic E-state index is -0.706. The van der Waals surface area contributed by atoms with E-state index in [0.29, 0.717) is 28.6 Å². The van der Waals surface area contributed by atoms with E-state index in [2.05, 4.69) is 17.6 Å². The van der Waals surface area contributed by atoms with Crippen molar-refractivity contribution in [3.8, 4) is 5.75 Å². The predicted octanol–water partition coefficient (Wildman–Crippen LogP) is 7.00. The van der Waals surface area contributed by atoms with Crippen molar-refractivity contribution < 1.29 is 23.9 Å². The lowest BCUT2D eigenvalue weighted by molar-refractivity contribution is -0.119. The number of hydrogen-bond donors (Lipinski definition) is 2. The maximum atomic E-state index is 12.6. The summed E-state index contributed by atoms with van der Waals surface area (Å²) in [6.07, 6.45) is 11.0. The van der Waals surface area contributed by atoms with E-state index in [0.717, 1.165) is 19.3 Å². The lowest BCUT2D eigenvalue weighted by atomic mass is 10.1. The van der Waals surface area contributed by atoms with Crippen molar-refractivity contribution in [3.05, 3.63) is 53.1 Å². The molecule has 8 heteroatoms. The molecule has 0 saturated heterocycles. The molecule has 196 valence electrons. The van der Waals surface area contributed by atoms with E-state index in [-0.39, 0.29) is 11.5 Å². The number of ether oxygens (including phenoxy) is 2. The maximum absolute atomic E-state index is 12.6. The summed E-state index contributed by atoms with van der Waals surface area (Å²) in [4.78, 5) is 37.3. The minimum absolute atomic E-state index is 0.149. The number of para-hydroxylation sites is 1. The molecule has 0 aliphatic heterocycles. The van der Waals surface area contributed by atoms with E-state index in [1.165, 1.54) is 45.6 Å². The van der Waals surface area contributed by atoms with Gasteiger partial charge in [0, 0.05) is 11.4 Å². The Morgan fingerprint density at radius 1 is 0.806 bits per heavy atom. The standard InChI is InChI=1S/C28H37ClN2O5/c1-3-4-5-6-7-8-9-10-11-16-26(32)30-23-15-13-12-14-22(23)28(34)36-20-27(33)31-24-19-21(29)17-18-25(24)35-2/h12-15,17-19H,3-11,16,20H2,1-2H3,(H,30,32)(H,31,33). The van der Waals surface area contributed by atoms with Crippen LogP contribution in [0.15, 0.2) is 42.5 Å². The van der Waals surface area contributed by atoms with Crippen LogP contribution in [0, 0.1) is 0 Å². The first-order chi connectivity index (χ1) is 17.4. The molecule has 2 amide bonds. The van der Waals surface area contributed by atoms with E-state index in [9.17, 15) is 14.4 Å². The molecule has 0 aromatic heterocycles. The Morgan fingerprint density at radius 3 is 2.14 bits per heavy atom. The number of hydrogen-bond acceptors (Lipinski definition) is 5. The van der Waals surface area contributed by atoms with Crippen LogP contribution in [0.2, 0.25) is 5.02 Å². The predicted molar refractivity (Wildman–Crippen MR) is 144 cm³/mol. The Balaban J connectivity index is 1.77. The van der Waals surface area contributed by atoms with Gasteiger partial charge in [0.05, 0.1) is 24.0 Å². The number of rotatable bonds is 16. The van der Waals surface area contributed by atoms with Gasteiger partial charge in [0.1, 0.15) is 5.75 Å². The Kier molecular flexibility index (Phi) is 13.4. The van der Waals surface area contributed by atoms with Crippen molar-refractivity contribution in [2.24, 2.45) is 0 Å². The van der Waals surface area contributed by atoms with Gasteiger partial charge in [-0.05, 0) is 36.8 Å². The second-order valence-corrected chi connectivity index (χ2v) is 9.08. The summed E-state index contributed by atoms with van der Waals surface area (Å²) in [5, 5.41) is 5.83. The number of carbonyl (C=O) groups excluding carboxylic acids is 3. The van der Waals surface area contributed by atoms with Gasteiger partial charge < -0.3 is 20.1 Å². The highest BCUT2D eigenvalue weighted by Gasteiger charge is 2.16. The molecule has 0 atom stereocenters. The van der Waals surface area contributed by atoms with Crippen molar-refractivity contribution in [1.29, 1.82) is 0 Å². The number of anilines is 2. The summed E-state index contributed by atoms with van der Waals surface area (Å²) in [6.45, 7) is 1.71. The molecule has 0 saturated carbocycles. The highest BCUT2D eigenvalue weighted by molar-refractivity contribution is 6.31. The molecule has 7 nitrogen and oxygen atoms in total. The van der Waals surface area contributed by atoms with Crippen LogP contribution in [0.3, 0.4) is 0 Å². The molecule has 36 heavy (non-hydrogen) atoms. The van der Waals surface area contributed by atoms with Crippen LogP contribution >= 0.6 is 11.6 Å². The molecule has 2 aromatic rings. The molecule has 0 fully saturated rings. The van der Waals surface area contributed by atoms with Gasteiger partial charge in [-0.15, -0.1) is 0 Å². The second kappa shape index (κ2) is 16.6. The van der Waals surface area contributed by atoms with Gasteiger partial charge in [0.15, 0.2) is 6.61 Å². The van der Waals surface area contributed by atoms with Crippen molar-refractivity contribution in [2.45, 2.75) is 71.1 Å². The number of benzene rings is 2. The Labute approximate surface area is 218 Å². The first-order valence-electron chi connectivity index (χ1n) is 12.6. The number of nitrogens with one attached hydrogen (secondary N) is 2. The molecular formula is C28H37ClN2O5. The first-order valence-corrected chi connectivity index (χ1v) is 13.0. The Hall–Kier alpha value is -3.06. The van der Waals surface area contributed by atoms with Gasteiger partial charge in [0.2, 0.25) is 5.91 Å². The normalized spacial score (nSPS) is 10.5. The number of methoxy groups -OCH3 is 1. The third-order valence-electron chi connectivity index (χ3n) is 5.70. The van der Waals surface area contributed by atoms with Gasteiger partial charge in [-0.2, -0.15) is 0 Å². The lowest BCUT2D eigenvalue weighted by Crippen LogP contribution is -2.22. The van der Waals surface area contributed by atoms with E-state index in [4.69, 9.17) is 21.1 Å². The summed E-state index contributed by atoms with van der Waals surface area (Å²) in [5.74, 6) is -0.971. The summed E-state index contributed by atoms with van der Waals surface area (Å²) >= 11 is 5.97. The molecule has 0 spiro atoms. The Morgan fingerprint density at radius 2 is 1.44 bits per heavy atom. The van der Waals surface area contributed by atoms with Gasteiger partial charge in [-0.1, -0.05) is 82.0 Å². The third-order valence-corrected chi connectivity index (χ3v) is 5.93. The van der Waals surface area contributed by atoms with E-state index >= 15 is 0 Å². The third kappa shape index (κ3) is 10.7. The number of esters is 1. The molecule has 0 aliphatic carbocycles. The highest BCUT2D eigenvalue weighted by Crippen LogP contribution is 2.27. The zero-order chi connectivity index (χ0) is 26.2. The minimum Gasteiger partial charge on any atom is -0.495 e. The zero-order valence-electron chi connectivity index (χ0n) is 21.2. The van der Waals surface area contributed by atoms with Crippen molar-refractivity contribution in [1.82, 2.24) is 0 Å². The molecule has 0 bridgehead atoms. The van der Waals surface area contributed by atoms with Gasteiger partial charge in [0.25, 0.3) is 5.91 Å². The second-order valence-electron chi connectivity index (χ2n) is 8.64. The Bertz CT molecular complexity index is 996. The molecular weight excluding hydrogens is 480 g/mol. The summed E-state index contributed by atoms with van der Waals surface area (Å²) < 4.78 is 10.4. The topological polar surface area (TPSA) is 93.7 Å². The summed E-state index contributed by atoms with van der Waals surface area (Å²) in [6, 6.07) is 11.4. The molecule has 0 aliphatic rings. The van der Waals surface area contributed by atoms with Gasteiger partial charge >= 0.3 is 5.97 Å². The fourth-order valence-corrected chi connectivity index (χ4v) is 3.92. The smallest absolute Gasteiger partial charge is 0.340 e. The highest BCUT2D eigenvalue weighted by atomic mass is 35.5. The number of amides is 2. The summed E-state index contributed by atoms with van der Waals surface area (Å²) in [7, 11) is 1.47. The average Bonchev–Trinajstić information content (AvgIpc) is 2.87. The van der Waals surface area contributed by atoms with Crippen LogP contribution < -0.4 is 15.4 Å². The van der Waals surface area contributed by atoms with Crippen LogP contribution in [-0.4, -0.2) is 31.5 Å². The van der Waals surface area contributed by atoms with Crippen LogP contribution in [0.4, 0.5) is 11.4 Å². The number of carbonyl (C=O) groups is 3. The van der Waals surface area contributed by atoms with E-state index in [1.54, 1.807) is 42.5 Å². The molecule has 2 aromatic carbocycles. The summed E-state index contributed by atoms with van der Waals surface area (Å²) in [5.41, 5.74) is 0.918. The molecule has 2 rings (SSSR count). The fraction of sp³-hybridized carbons (Fsp3) is 0.464. The van der Waals surface area contributed by atoms with E-state index in [1.807, 2.05) is 0 Å².